The molecule has 0 unspecified atom stereocenters. The van der Waals surface area contributed by atoms with Crippen LogP contribution in [-0.2, 0) is 0 Å². The Morgan fingerprint density at radius 2 is 1.80 bits per heavy atom. The van der Waals surface area contributed by atoms with Crippen molar-refractivity contribution in [2.24, 2.45) is 0 Å². The van der Waals surface area contributed by atoms with Crippen molar-refractivity contribution in [2.75, 3.05) is 5.32 Å². The quantitative estimate of drug-likeness (QED) is 0.734. The average Bonchev–Trinajstić information content (AvgIpc) is 2.61. The summed E-state index contributed by atoms with van der Waals surface area (Å²) in [6.07, 6.45) is 0. The van der Waals surface area contributed by atoms with Crippen molar-refractivity contribution in [1.82, 2.24) is 9.97 Å². The first-order valence-electron chi connectivity index (χ1n) is 7.79. The molecule has 25 heavy (non-hydrogen) atoms. The number of nitrogens with zero attached hydrogens (tertiary/aromatic N) is 3. The van der Waals surface area contributed by atoms with Crippen molar-refractivity contribution in [3.63, 3.8) is 0 Å². The molecule has 0 aliphatic heterocycles. The third-order valence-electron chi connectivity index (χ3n) is 3.64. The van der Waals surface area contributed by atoms with E-state index in [-0.39, 0.29) is 5.78 Å². The molecular weight excluding hydrogens is 312 g/mol. The van der Waals surface area contributed by atoms with Crippen LogP contribution in [0.15, 0.2) is 54.6 Å². The van der Waals surface area contributed by atoms with Crippen molar-refractivity contribution in [2.45, 2.75) is 13.8 Å². The summed E-state index contributed by atoms with van der Waals surface area (Å²) in [6.45, 7) is 3.76. The zero-order valence-electron chi connectivity index (χ0n) is 13.9. The van der Waals surface area contributed by atoms with Gasteiger partial charge in [-0.3, -0.25) is 4.79 Å². The normalized spacial score (nSPS) is 10.1. The lowest BCUT2D eigenvalue weighted by atomic mass is 10.1. The van der Waals surface area contributed by atoms with E-state index in [0.29, 0.717) is 28.5 Å². The first-order valence-corrected chi connectivity index (χ1v) is 7.79. The van der Waals surface area contributed by atoms with E-state index in [4.69, 9.17) is 5.26 Å². The molecule has 3 aromatic rings. The zero-order valence-corrected chi connectivity index (χ0v) is 13.9. The maximum Gasteiger partial charge on any atom is 0.228 e. The van der Waals surface area contributed by atoms with Gasteiger partial charge in [0.1, 0.15) is 5.69 Å². The molecule has 0 atom stereocenters. The van der Waals surface area contributed by atoms with E-state index < -0.39 is 0 Å². The topological polar surface area (TPSA) is 78.7 Å². The highest BCUT2D eigenvalue weighted by Crippen LogP contribution is 2.17. The summed E-state index contributed by atoms with van der Waals surface area (Å²) >= 11 is 0. The van der Waals surface area contributed by atoms with Gasteiger partial charge < -0.3 is 5.32 Å². The van der Waals surface area contributed by atoms with Gasteiger partial charge in [-0.05, 0) is 50.2 Å². The van der Waals surface area contributed by atoms with E-state index in [0.717, 1.165) is 11.3 Å². The molecule has 1 N–H and O–H groups in total. The number of carbonyl (C=O) groups excluding carboxylic acids is 1. The highest BCUT2D eigenvalue weighted by molar-refractivity contribution is 6.08. The van der Waals surface area contributed by atoms with Gasteiger partial charge in [0.2, 0.25) is 11.7 Å². The number of nitrogens with one attached hydrogen (secondary N) is 1. The van der Waals surface area contributed by atoms with E-state index in [1.807, 2.05) is 32.0 Å². The van der Waals surface area contributed by atoms with Crippen LogP contribution in [0.3, 0.4) is 0 Å². The molecule has 0 fully saturated rings. The van der Waals surface area contributed by atoms with Gasteiger partial charge in [0.05, 0.1) is 11.6 Å². The summed E-state index contributed by atoms with van der Waals surface area (Å²) in [5.41, 5.74) is 3.98. The summed E-state index contributed by atoms with van der Waals surface area (Å²) in [7, 11) is 0. The van der Waals surface area contributed by atoms with Crippen LogP contribution in [0.2, 0.25) is 0 Å². The Labute approximate surface area is 146 Å². The van der Waals surface area contributed by atoms with Crippen LogP contribution in [0.25, 0.3) is 0 Å². The van der Waals surface area contributed by atoms with Crippen LogP contribution in [0.1, 0.15) is 32.9 Å². The second kappa shape index (κ2) is 6.93. The molecule has 5 nitrogen and oxygen atoms in total. The molecule has 1 heterocycles. The number of ketones is 1. The Bertz CT molecular complexity index is 972. The van der Waals surface area contributed by atoms with Gasteiger partial charge in [0, 0.05) is 16.9 Å². The zero-order chi connectivity index (χ0) is 17.8. The summed E-state index contributed by atoms with van der Waals surface area (Å²) in [4.78, 5) is 21.4. The van der Waals surface area contributed by atoms with Crippen LogP contribution in [0.4, 0.5) is 11.6 Å². The van der Waals surface area contributed by atoms with Crippen LogP contribution in [-0.4, -0.2) is 15.8 Å². The van der Waals surface area contributed by atoms with Gasteiger partial charge in [-0.2, -0.15) is 5.26 Å². The van der Waals surface area contributed by atoms with Gasteiger partial charge in [0.25, 0.3) is 0 Å². The standard InChI is InChI=1S/C20H16N4O/c1-13-4-3-5-16(10-13)19(25)18-11-14(2)22-20(24-18)23-17-8-6-15(12-21)7-9-17/h3-11H,1-2H3,(H,22,23,24). The number of benzene rings is 2. The van der Waals surface area contributed by atoms with E-state index in [9.17, 15) is 4.79 Å². The van der Waals surface area contributed by atoms with Crippen molar-refractivity contribution < 1.29 is 4.79 Å². The lowest BCUT2D eigenvalue weighted by molar-refractivity contribution is 0.103. The van der Waals surface area contributed by atoms with Gasteiger partial charge >= 0.3 is 0 Å². The molecule has 0 spiro atoms. The van der Waals surface area contributed by atoms with Gasteiger partial charge in [-0.15, -0.1) is 0 Å². The molecule has 122 valence electrons. The number of aromatic nitrogens is 2. The van der Waals surface area contributed by atoms with Crippen LogP contribution in [0.5, 0.6) is 0 Å². The number of hydrogen-bond donors (Lipinski definition) is 1. The second-order valence-electron chi connectivity index (χ2n) is 5.73. The molecule has 5 heteroatoms. The Kier molecular flexibility index (Phi) is 4.53. The molecule has 0 aliphatic rings. The SMILES string of the molecule is Cc1cccc(C(=O)c2cc(C)nc(Nc3ccc(C#N)cc3)n2)c1. The third-order valence-corrected chi connectivity index (χ3v) is 3.64. The minimum absolute atomic E-state index is 0.142. The number of anilines is 2. The van der Waals surface area contributed by atoms with Crippen molar-refractivity contribution in [3.05, 3.63) is 82.7 Å². The Balaban J connectivity index is 1.89. The first-order chi connectivity index (χ1) is 12.0. The molecular formula is C20H16N4O. The highest BCUT2D eigenvalue weighted by atomic mass is 16.1. The average molecular weight is 328 g/mol. The van der Waals surface area contributed by atoms with Gasteiger partial charge in [-0.25, -0.2) is 9.97 Å². The lowest BCUT2D eigenvalue weighted by Crippen LogP contribution is -2.08. The molecule has 0 aliphatic carbocycles. The molecule has 2 aromatic carbocycles. The van der Waals surface area contributed by atoms with Crippen molar-refractivity contribution in [1.29, 1.82) is 5.26 Å². The number of carbonyl (C=O) groups is 1. The van der Waals surface area contributed by atoms with Gasteiger partial charge in [-0.1, -0.05) is 23.8 Å². The Morgan fingerprint density at radius 1 is 1.04 bits per heavy atom. The molecule has 3 rings (SSSR count). The third kappa shape index (κ3) is 3.88. The minimum Gasteiger partial charge on any atom is -0.324 e. The van der Waals surface area contributed by atoms with E-state index in [1.165, 1.54) is 0 Å². The summed E-state index contributed by atoms with van der Waals surface area (Å²) < 4.78 is 0. The highest BCUT2D eigenvalue weighted by Gasteiger charge is 2.13. The number of aryl methyl sites for hydroxylation is 2. The fourth-order valence-corrected chi connectivity index (χ4v) is 2.43. The molecule has 0 bridgehead atoms. The lowest BCUT2D eigenvalue weighted by Gasteiger charge is -2.08. The molecule has 0 radical (unpaired) electrons. The maximum absolute atomic E-state index is 12.7. The fraction of sp³-hybridized carbons (Fsp3) is 0.100. The molecule has 1 aromatic heterocycles. The van der Waals surface area contributed by atoms with Crippen molar-refractivity contribution >= 4 is 17.4 Å². The minimum atomic E-state index is -0.142. The van der Waals surface area contributed by atoms with Crippen LogP contribution in [0, 0.1) is 25.2 Å². The molecule has 0 saturated heterocycles. The number of hydrogen-bond acceptors (Lipinski definition) is 5. The maximum atomic E-state index is 12.7. The summed E-state index contributed by atoms with van der Waals surface area (Å²) in [6, 6.07) is 18.1. The first kappa shape index (κ1) is 16.3. The van der Waals surface area contributed by atoms with Gasteiger partial charge in [0.15, 0.2) is 0 Å². The Hall–Kier alpha value is -3.52. The predicted molar refractivity (Wildman–Crippen MR) is 95.8 cm³/mol. The predicted octanol–water partition coefficient (Wildman–Crippen LogP) is 3.94. The second-order valence-corrected chi connectivity index (χ2v) is 5.73. The molecule has 0 amide bonds. The largest absolute Gasteiger partial charge is 0.324 e. The summed E-state index contributed by atoms with van der Waals surface area (Å²) in [5.74, 6) is 0.206. The number of rotatable bonds is 4. The van der Waals surface area contributed by atoms with Crippen LogP contribution < -0.4 is 5.32 Å². The smallest absolute Gasteiger partial charge is 0.228 e. The fourth-order valence-electron chi connectivity index (χ4n) is 2.43. The molecule has 0 saturated carbocycles. The van der Waals surface area contributed by atoms with E-state index in [1.54, 1.807) is 36.4 Å². The van der Waals surface area contributed by atoms with E-state index in [2.05, 4.69) is 21.4 Å². The van der Waals surface area contributed by atoms with Crippen molar-refractivity contribution in [3.8, 4) is 6.07 Å². The van der Waals surface area contributed by atoms with Crippen LogP contribution >= 0.6 is 0 Å². The summed E-state index contributed by atoms with van der Waals surface area (Å²) in [5, 5.41) is 11.9. The number of nitriles is 1. The monoisotopic (exact) mass is 328 g/mol. The van der Waals surface area contributed by atoms with E-state index >= 15 is 0 Å². The Morgan fingerprint density at radius 3 is 2.48 bits per heavy atom.